The van der Waals surface area contributed by atoms with Crippen molar-refractivity contribution < 1.29 is 4.74 Å². The number of aromatic nitrogens is 2. The van der Waals surface area contributed by atoms with E-state index in [1.807, 2.05) is 37.3 Å². The first-order chi connectivity index (χ1) is 10.2. The smallest absolute Gasteiger partial charge is 0.156 e. The van der Waals surface area contributed by atoms with Gasteiger partial charge in [0.15, 0.2) is 5.82 Å². The Morgan fingerprint density at radius 1 is 1.19 bits per heavy atom. The Morgan fingerprint density at radius 2 is 2.00 bits per heavy atom. The molecule has 1 aromatic heterocycles. The number of ether oxygens (including phenoxy) is 1. The monoisotopic (exact) mass is 349 g/mol. The molecular formula is C16H20BrN3O. The standard InChI is InChI=1S/C16H20BrN3O/c1-3-8-18-15-9-12(2)19-16(20-15)11-21-10-13-6-4-5-7-14(13)17/h4-7,9H,3,8,10-11H2,1-2H3,(H,18,19,20). The van der Waals surface area contributed by atoms with Gasteiger partial charge in [0.05, 0.1) is 6.61 Å². The van der Waals surface area contributed by atoms with Crippen molar-refractivity contribution in [1.82, 2.24) is 9.97 Å². The molecule has 0 unspecified atom stereocenters. The molecule has 1 heterocycles. The lowest BCUT2D eigenvalue weighted by atomic mass is 10.2. The largest absolute Gasteiger partial charge is 0.370 e. The lowest BCUT2D eigenvalue weighted by molar-refractivity contribution is 0.101. The first kappa shape index (κ1) is 15.9. The average molecular weight is 350 g/mol. The van der Waals surface area contributed by atoms with Gasteiger partial charge in [-0.1, -0.05) is 41.1 Å². The summed E-state index contributed by atoms with van der Waals surface area (Å²) in [6.07, 6.45) is 1.07. The van der Waals surface area contributed by atoms with E-state index in [0.717, 1.165) is 34.5 Å². The molecule has 0 fully saturated rings. The number of aryl methyl sites for hydroxylation is 1. The van der Waals surface area contributed by atoms with E-state index >= 15 is 0 Å². The van der Waals surface area contributed by atoms with Gasteiger partial charge >= 0.3 is 0 Å². The number of nitrogens with zero attached hydrogens (tertiary/aromatic N) is 2. The number of halogens is 1. The maximum absolute atomic E-state index is 5.72. The summed E-state index contributed by atoms with van der Waals surface area (Å²) in [6.45, 7) is 5.95. The van der Waals surface area contributed by atoms with Crippen LogP contribution in [0.4, 0.5) is 5.82 Å². The Morgan fingerprint density at radius 3 is 2.76 bits per heavy atom. The van der Waals surface area contributed by atoms with Crippen LogP contribution in [0.3, 0.4) is 0 Å². The van der Waals surface area contributed by atoms with Crippen LogP contribution in [0.2, 0.25) is 0 Å². The molecule has 0 aliphatic heterocycles. The predicted octanol–water partition coefficient (Wildman–Crippen LogP) is 4.09. The fraction of sp³-hybridized carbons (Fsp3) is 0.375. The highest BCUT2D eigenvalue weighted by Crippen LogP contribution is 2.17. The highest BCUT2D eigenvalue weighted by molar-refractivity contribution is 9.10. The second kappa shape index (κ2) is 8.10. The van der Waals surface area contributed by atoms with Crippen molar-refractivity contribution in [3.63, 3.8) is 0 Å². The van der Waals surface area contributed by atoms with Crippen LogP contribution in [0.1, 0.15) is 30.4 Å². The van der Waals surface area contributed by atoms with Crippen molar-refractivity contribution in [2.24, 2.45) is 0 Å². The number of hydrogen-bond acceptors (Lipinski definition) is 4. The van der Waals surface area contributed by atoms with Crippen LogP contribution in [-0.2, 0) is 18.0 Å². The van der Waals surface area contributed by atoms with Gasteiger partial charge in [0.25, 0.3) is 0 Å². The molecule has 4 nitrogen and oxygen atoms in total. The third-order valence-corrected chi connectivity index (χ3v) is 3.68. The molecule has 0 aliphatic carbocycles. The lowest BCUT2D eigenvalue weighted by Gasteiger charge is -2.09. The topological polar surface area (TPSA) is 47.0 Å². The molecule has 0 amide bonds. The Kier molecular flexibility index (Phi) is 6.14. The molecular weight excluding hydrogens is 330 g/mol. The molecule has 5 heteroatoms. The van der Waals surface area contributed by atoms with E-state index < -0.39 is 0 Å². The minimum atomic E-state index is 0.407. The summed E-state index contributed by atoms with van der Waals surface area (Å²) in [5.74, 6) is 1.57. The molecule has 1 aromatic carbocycles. The number of rotatable bonds is 7. The minimum Gasteiger partial charge on any atom is -0.370 e. The van der Waals surface area contributed by atoms with Gasteiger partial charge in [-0.25, -0.2) is 9.97 Å². The zero-order valence-corrected chi connectivity index (χ0v) is 14.0. The third-order valence-electron chi connectivity index (χ3n) is 2.90. The van der Waals surface area contributed by atoms with Gasteiger partial charge in [-0.05, 0) is 25.0 Å². The molecule has 0 saturated carbocycles. The van der Waals surface area contributed by atoms with Crippen LogP contribution in [0.15, 0.2) is 34.8 Å². The average Bonchev–Trinajstić information content (AvgIpc) is 2.47. The summed E-state index contributed by atoms with van der Waals surface area (Å²) in [6, 6.07) is 9.99. The maximum Gasteiger partial charge on any atom is 0.156 e. The van der Waals surface area contributed by atoms with E-state index in [-0.39, 0.29) is 0 Å². The fourth-order valence-electron chi connectivity index (χ4n) is 1.91. The van der Waals surface area contributed by atoms with Crippen LogP contribution < -0.4 is 5.32 Å². The molecule has 0 atom stereocenters. The first-order valence-electron chi connectivity index (χ1n) is 7.08. The quantitative estimate of drug-likeness (QED) is 0.817. The van der Waals surface area contributed by atoms with Crippen molar-refractivity contribution in [3.05, 3.63) is 51.9 Å². The van der Waals surface area contributed by atoms with Crippen LogP contribution in [0.5, 0.6) is 0 Å². The van der Waals surface area contributed by atoms with Gasteiger partial charge in [0, 0.05) is 22.8 Å². The van der Waals surface area contributed by atoms with E-state index in [4.69, 9.17) is 4.74 Å². The van der Waals surface area contributed by atoms with Gasteiger partial charge in [0.2, 0.25) is 0 Å². The zero-order valence-electron chi connectivity index (χ0n) is 12.4. The van der Waals surface area contributed by atoms with Crippen molar-refractivity contribution in [2.45, 2.75) is 33.5 Å². The number of anilines is 1. The van der Waals surface area contributed by atoms with Crippen molar-refractivity contribution in [1.29, 1.82) is 0 Å². The molecule has 0 bridgehead atoms. The molecule has 0 radical (unpaired) electrons. The molecule has 112 valence electrons. The molecule has 2 rings (SSSR count). The predicted molar refractivity (Wildman–Crippen MR) is 88.2 cm³/mol. The molecule has 21 heavy (non-hydrogen) atoms. The van der Waals surface area contributed by atoms with E-state index in [9.17, 15) is 0 Å². The van der Waals surface area contributed by atoms with Crippen LogP contribution in [0, 0.1) is 6.92 Å². The number of hydrogen-bond donors (Lipinski definition) is 1. The number of benzene rings is 1. The normalized spacial score (nSPS) is 10.6. The fourth-order valence-corrected chi connectivity index (χ4v) is 2.31. The lowest BCUT2D eigenvalue weighted by Crippen LogP contribution is -2.07. The van der Waals surface area contributed by atoms with Gasteiger partial charge in [-0.2, -0.15) is 0 Å². The molecule has 0 spiro atoms. The highest BCUT2D eigenvalue weighted by atomic mass is 79.9. The van der Waals surface area contributed by atoms with Crippen LogP contribution in [0.25, 0.3) is 0 Å². The molecule has 2 aromatic rings. The molecule has 1 N–H and O–H groups in total. The number of nitrogens with one attached hydrogen (secondary N) is 1. The first-order valence-corrected chi connectivity index (χ1v) is 7.88. The second-order valence-corrected chi connectivity index (χ2v) is 5.68. The summed E-state index contributed by atoms with van der Waals surface area (Å²) in [5.41, 5.74) is 2.07. The van der Waals surface area contributed by atoms with E-state index in [2.05, 4.69) is 38.1 Å². The van der Waals surface area contributed by atoms with Crippen molar-refractivity contribution in [3.8, 4) is 0 Å². The SMILES string of the molecule is CCCNc1cc(C)nc(COCc2ccccc2Br)n1. The van der Waals surface area contributed by atoms with Crippen molar-refractivity contribution >= 4 is 21.7 Å². The summed E-state index contributed by atoms with van der Waals surface area (Å²) in [4.78, 5) is 8.87. The summed E-state index contributed by atoms with van der Waals surface area (Å²) < 4.78 is 6.77. The van der Waals surface area contributed by atoms with E-state index in [0.29, 0.717) is 19.0 Å². The molecule has 0 saturated heterocycles. The summed E-state index contributed by atoms with van der Waals surface area (Å²) in [5, 5.41) is 3.28. The summed E-state index contributed by atoms with van der Waals surface area (Å²) >= 11 is 3.51. The maximum atomic E-state index is 5.72. The Balaban J connectivity index is 1.93. The minimum absolute atomic E-state index is 0.407. The Labute approximate surface area is 134 Å². The summed E-state index contributed by atoms with van der Waals surface area (Å²) in [7, 11) is 0. The van der Waals surface area contributed by atoms with Crippen molar-refractivity contribution in [2.75, 3.05) is 11.9 Å². The third kappa shape index (κ3) is 5.10. The zero-order chi connectivity index (χ0) is 15.1. The Bertz CT molecular complexity index is 589. The van der Waals surface area contributed by atoms with E-state index in [1.165, 1.54) is 0 Å². The second-order valence-electron chi connectivity index (χ2n) is 4.82. The van der Waals surface area contributed by atoms with Gasteiger partial charge in [-0.15, -0.1) is 0 Å². The van der Waals surface area contributed by atoms with Crippen LogP contribution >= 0.6 is 15.9 Å². The van der Waals surface area contributed by atoms with E-state index in [1.54, 1.807) is 0 Å². The molecule has 0 aliphatic rings. The van der Waals surface area contributed by atoms with Crippen LogP contribution in [-0.4, -0.2) is 16.5 Å². The van der Waals surface area contributed by atoms with Gasteiger partial charge in [0.1, 0.15) is 12.4 Å². The van der Waals surface area contributed by atoms with Gasteiger partial charge in [-0.3, -0.25) is 0 Å². The van der Waals surface area contributed by atoms with Gasteiger partial charge < -0.3 is 10.1 Å². The highest BCUT2D eigenvalue weighted by Gasteiger charge is 2.04. The Hall–Kier alpha value is -1.46.